The summed E-state index contributed by atoms with van der Waals surface area (Å²) in [6, 6.07) is 0. The maximum atomic E-state index is 12.3. The molecule has 0 spiro atoms. The number of rotatable bonds is 0. The van der Waals surface area contributed by atoms with Crippen LogP contribution in [0.1, 0.15) is 35.5 Å². The number of nitrogens with one attached hydrogen (secondary N) is 1. The highest BCUT2D eigenvalue weighted by Gasteiger charge is 2.25. The van der Waals surface area contributed by atoms with Crippen molar-refractivity contribution >= 4 is 17.4 Å². The Morgan fingerprint density at radius 2 is 2.07 bits per heavy atom. The van der Waals surface area contributed by atoms with E-state index in [1.807, 2.05) is 31.0 Å². The Morgan fingerprint density at radius 1 is 1.19 bits per heavy atom. The highest BCUT2D eigenvalue weighted by molar-refractivity contribution is 6.14. The second kappa shape index (κ2) is 5.83. The highest BCUT2D eigenvalue weighted by atomic mass is 16.1. The molecule has 1 amide bonds. The van der Waals surface area contributed by atoms with Gasteiger partial charge in [0.05, 0.1) is 41.1 Å². The lowest BCUT2D eigenvalue weighted by atomic mass is 10.1. The molecule has 0 aliphatic carbocycles. The Kier molecular flexibility index (Phi) is 3.43. The largest absolute Gasteiger partial charge is 0.309 e. The summed E-state index contributed by atoms with van der Waals surface area (Å²) in [6.07, 6.45) is 6.62. The van der Waals surface area contributed by atoms with E-state index < -0.39 is 0 Å². The number of amides is 1. The van der Waals surface area contributed by atoms with Gasteiger partial charge in [-0.3, -0.25) is 24.1 Å². The van der Waals surface area contributed by atoms with Crippen molar-refractivity contribution in [2.45, 2.75) is 32.9 Å². The molecule has 0 atom stereocenters. The molecule has 136 valence electrons. The zero-order chi connectivity index (χ0) is 18.5. The fraction of sp³-hybridized carbons (Fsp3) is 0.333. The quantitative estimate of drug-likeness (QED) is 0.652. The second-order valence-electron chi connectivity index (χ2n) is 6.82. The van der Waals surface area contributed by atoms with Gasteiger partial charge in [0.2, 0.25) is 5.91 Å². The van der Waals surface area contributed by atoms with E-state index in [1.165, 1.54) is 0 Å². The predicted octanol–water partition coefficient (Wildman–Crippen LogP) is 1.47. The molecule has 2 aliphatic heterocycles. The number of hydrogen-bond donors (Lipinski definition) is 1. The Balaban J connectivity index is 1.70. The SMILES string of the molecule is Cc1nn2cc1C1=NCc3ncc(nc31)-c1cn(C)nc1NC(=O)CCC2. The minimum atomic E-state index is -0.0764. The number of anilines is 1. The van der Waals surface area contributed by atoms with Crippen molar-refractivity contribution in [2.24, 2.45) is 12.0 Å². The fourth-order valence-electron chi connectivity index (χ4n) is 3.52. The molecule has 0 saturated heterocycles. The first-order valence-corrected chi connectivity index (χ1v) is 8.87. The smallest absolute Gasteiger partial charge is 0.225 e. The maximum Gasteiger partial charge on any atom is 0.225 e. The van der Waals surface area contributed by atoms with Gasteiger partial charge in [-0.2, -0.15) is 10.2 Å². The fourth-order valence-corrected chi connectivity index (χ4v) is 3.52. The molecule has 3 aromatic heterocycles. The van der Waals surface area contributed by atoms with Crippen LogP contribution in [0.4, 0.5) is 5.82 Å². The van der Waals surface area contributed by atoms with Crippen LogP contribution in [0.25, 0.3) is 11.3 Å². The van der Waals surface area contributed by atoms with Crippen LogP contribution in [0.15, 0.2) is 23.6 Å². The van der Waals surface area contributed by atoms with Crippen LogP contribution in [0.5, 0.6) is 0 Å². The average Bonchev–Trinajstić information content (AvgIpc) is 3.30. The van der Waals surface area contributed by atoms with Crippen molar-refractivity contribution in [1.82, 2.24) is 29.5 Å². The van der Waals surface area contributed by atoms with E-state index in [9.17, 15) is 4.79 Å². The molecule has 0 fully saturated rings. The van der Waals surface area contributed by atoms with Gasteiger partial charge in [-0.25, -0.2) is 4.98 Å². The first-order valence-electron chi connectivity index (χ1n) is 8.87. The molecule has 5 rings (SSSR count). The number of hydrogen-bond acceptors (Lipinski definition) is 6. The van der Waals surface area contributed by atoms with Crippen molar-refractivity contribution in [3.63, 3.8) is 0 Å². The number of carbonyl (C=O) groups is 1. The topological polar surface area (TPSA) is 103 Å². The molecule has 0 unspecified atom stereocenters. The minimum Gasteiger partial charge on any atom is -0.309 e. The summed E-state index contributed by atoms with van der Waals surface area (Å²) in [5, 5.41) is 11.8. The van der Waals surface area contributed by atoms with Crippen LogP contribution in [-0.4, -0.2) is 41.1 Å². The Bertz CT molecular complexity index is 1110. The first kappa shape index (κ1) is 15.9. The summed E-state index contributed by atoms with van der Waals surface area (Å²) < 4.78 is 3.54. The lowest BCUT2D eigenvalue weighted by Crippen LogP contribution is -2.14. The highest BCUT2D eigenvalue weighted by Crippen LogP contribution is 2.29. The molecule has 0 saturated carbocycles. The standard InChI is InChI=1S/C18H18N8O/c1-10-11-9-26(23-10)5-3-4-15(27)22-18-12(8-25(2)24-18)13-6-19-14-7-20-16(11)17(14)21-13/h6,8-9H,3-5,7H2,1-2H3,(H,22,24,27). The normalized spacial score (nSPS) is 15.8. The van der Waals surface area contributed by atoms with Crippen molar-refractivity contribution in [3.05, 3.63) is 41.2 Å². The Labute approximate surface area is 155 Å². The first-order chi connectivity index (χ1) is 13.1. The monoisotopic (exact) mass is 362 g/mol. The zero-order valence-electron chi connectivity index (χ0n) is 15.1. The number of fused-ring (bicyclic) bond motifs is 6. The van der Waals surface area contributed by atoms with Crippen LogP contribution in [0.3, 0.4) is 0 Å². The predicted molar refractivity (Wildman–Crippen MR) is 98.4 cm³/mol. The second-order valence-corrected chi connectivity index (χ2v) is 6.82. The Hall–Kier alpha value is -3.36. The van der Waals surface area contributed by atoms with Crippen LogP contribution >= 0.6 is 0 Å². The molecule has 3 aromatic rings. The van der Waals surface area contributed by atoms with Gasteiger partial charge in [0.15, 0.2) is 5.82 Å². The van der Waals surface area contributed by atoms with Gasteiger partial charge in [-0.05, 0) is 13.3 Å². The number of aromatic nitrogens is 6. The van der Waals surface area contributed by atoms with Crippen molar-refractivity contribution < 1.29 is 4.79 Å². The molecule has 1 N–H and O–H groups in total. The van der Waals surface area contributed by atoms with Crippen molar-refractivity contribution in [1.29, 1.82) is 0 Å². The number of nitrogens with zero attached hydrogens (tertiary/aromatic N) is 7. The molecule has 9 nitrogen and oxygen atoms in total. The van der Waals surface area contributed by atoms with Gasteiger partial charge in [-0.15, -0.1) is 0 Å². The van der Waals surface area contributed by atoms with E-state index >= 15 is 0 Å². The molecule has 4 bridgehead atoms. The molecule has 27 heavy (non-hydrogen) atoms. The molecule has 0 aromatic carbocycles. The van der Waals surface area contributed by atoms with Crippen LogP contribution in [0.2, 0.25) is 0 Å². The van der Waals surface area contributed by atoms with Gasteiger partial charge in [-0.1, -0.05) is 0 Å². The van der Waals surface area contributed by atoms with Crippen molar-refractivity contribution in [3.8, 4) is 11.3 Å². The van der Waals surface area contributed by atoms with E-state index in [0.29, 0.717) is 37.4 Å². The summed E-state index contributed by atoms with van der Waals surface area (Å²) in [7, 11) is 1.82. The third-order valence-electron chi connectivity index (χ3n) is 4.81. The summed E-state index contributed by atoms with van der Waals surface area (Å²) >= 11 is 0. The summed E-state index contributed by atoms with van der Waals surface area (Å²) in [6.45, 7) is 3.14. The van der Waals surface area contributed by atoms with Crippen molar-refractivity contribution in [2.75, 3.05) is 5.32 Å². The molecular formula is C18H18N8O. The van der Waals surface area contributed by atoms with Gasteiger partial charge in [0.25, 0.3) is 0 Å². The average molecular weight is 362 g/mol. The van der Waals surface area contributed by atoms with Gasteiger partial charge in [0.1, 0.15) is 5.69 Å². The van der Waals surface area contributed by atoms with Gasteiger partial charge < -0.3 is 5.32 Å². The number of aryl methyl sites for hydroxylation is 3. The van der Waals surface area contributed by atoms with E-state index in [1.54, 1.807) is 10.9 Å². The molecular weight excluding hydrogens is 344 g/mol. The lowest BCUT2D eigenvalue weighted by molar-refractivity contribution is -0.116. The molecule has 0 radical (unpaired) electrons. The molecule has 2 aliphatic rings. The van der Waals surface area contributed by atoms with E-state index in [0.717, 1.165) is 33.9 Å². The lowest BCUT2D eigenvalue weighted by Gasteiger charge is -2.08. The van der Waals surface area contributed by atoms with Gasteiger partial charge >= 0.3 is 0 Å². The third kappa shape index (κ3) is 2.62. The van der Waals surface area contributed by atoms with Crippen LogP contribution in [-0.2, 0) is 24.9 Å². The zero-order valence-corrected chi connectivity index (χ0v) is 15.1. The third-order valence-corrected chi connectivity index (χ3v) is 4.81. The number of aliphatic imine (C=N–C) groups is 1. The summed E-state index contributed by atoms with van der Waals surface area (Å²) in [5.74, 6) is 0.424. The minimum absolute atomic E-state index is 0.0764. The van der Waals surface area contributed by atoms with Crippen LogP contribution < -0.4 is 5.32 Å². The maximum absolute atomic E-state index is 12.3. The molecule has 5 heterocycles. The van der Waals surface area contributed by atoms with E-state index in [4.69, 9.17) is 4.98 Å². The van der Waals surface area contributed by atoms with E-state index in [2.05, 4.69) is 25.5 Å². The molecule has 9 heteroatoms. The number of carbonyl (C=O) groups excluding carboxylic acids is 1. The summed E-state index contributed by atoms with van der Waals surface area (Å²) in [4.78, 5) is 26.4. The van der Waals surface area contributed by atoms with E-state index in [-0.39, 0.29) is 5.91 Å². The Morgan fingerprint density at radius 3 is 2.96 bits per heavy atom. The van der Waals surface area contributed by atoms with Gasteiger partial charge in [0, 0.05) is 38.0 Å². The van der Waals surface area contributed by atoms with Crippen LogP contribution in [0, 0.1) is 6.92 Å². The summed E-state index contributed by atoms with van der Waals surface area (Å²) in [5.41, 5.74) is 5.72.